The van der Waals surface area contributed by atoms with Gasteiger partial charge in [-0.2, -0.15) is 4.98 Å². The zero-order chi connectivity index (χ0) is 20.4. The molecule has 0 N–H and O–H groups in total. The molecule has 1 unspecified atom stereocenters. The highest BCUT2D eigenvalue weighted by Crippen LogP contribution is 2.35. The van der Waals surface area contributed by atoms with E-state index in [0.717, 1.165) is 31.6 Å². The zero-order valence-corrected chi connectivity index (χ0v) is 17.1. The molecule has 1 atom stereocenters. The minimum absolute atomic E-state index is 0.00330. The Balaban J connectivity index is 1.38. The molecule has 9 heteroatoms. The molecule has 1 saturated carbocycles. The van der Waals surface area contributed by atoms with Crippen LogP contribution in [0.2, 0.25) is 0 Å². The Morgan fingerprint density at radius 1 is 1.28 bits per heavy atom. The Morgan fingerprint density at radius 2 is 2.10 bits per heavy atom. The number of aromatic nitrogens is 4. The fourth-order valence-electron chi connectivity index (χ4n) is 4.13. The molecule has 156 valence electrons. The van der Waals surface area contributed by atoms with Gasteiger partial charge < -0.3 is 18.9 Å². The molecule has 0 bridgehead atoms. The van der Waals surface area contributed by atoms with Gasteiger partial charge in [-0.15, -0.1) is 0 Å². The summed E-state index contributed by atoms with van der Waals surface area (Å²) in [7, 11) is 1.81. The Kier molecular flexibility index (Phi) is 5.64. The number of nitrogens with zero attached hydrogens (tertiary/aromatic N) is 6. The van der Waals surface area contributed by atoms with Crippen molar-refractivity contribution < 1.29 is 14.1 Å². The van der Waals surface area contributed by atoms with E-state index in [0.29, 0.717) is 43.5 Å². The SMILES string of the molecule is CC(=O)N(CCc1noc(C2CCC2)n1)C1CCCN(C(=O)c2cncn2C)C1. The molecule has 2 fully saturated rings. The molecule has 0 spiro atoms. The van der Waals surface area contributed by atoms with Gasteiger partial charge >= 0.3 is 0 Å². The number of piperidine rings is 1. The van der Waals surface area contributed by atoms with Crippen molar-refractivity contribution in [2.24, 2.45) is 7.05 Å². The average molecular weight is 400 g/mol. The van der Waals surface area contributed by atoms with Crippen molar-refractivity contribution >= 4 is 11.8 Å². The van der Waals surface area contributed by atoms with E-state index in [-0.39, 0.29) is 17.9 Å². The maximum Gasteiger partial charge on any atom is 0.272 e. The molecular weight excluding hydrogens is 372 g/mol. The molecular formula is C20H28N6O3. The van der Waals surface area contributed by atoms with E-state index in [9.17, 15) is 9.59 Å². The first-order valence-corrected chi connectivity index (χ1v) is 10.4. The van der Waals surface area contributed by atoms with Gasteiger partial charge in [0.05, 0.1) is 12.5 Å². The van der Waals surface area contributed by atoms with E-state index in [4.69, 9.17) is 4.52 Å². The molecule has 2 aromatic rings. The molecule has 1 aliphatic heterocycles. The second-order valence-corrected chi connectivity index (χ2v) is 8.08. The summed E-state index contributed by atoms with van der Waals surface area (Å²) in [4.78, 5) is 37.4. The lowest BCUT2D eigenvalue weighted by atomic mass is 9.85. The summed E-state index contributed by atoms with van der Waals surface area (Å²) >= 11 is 0. The van der Waals surface area contributed by atoms with Gasteiger partial charge in [-0.05, 0) is 25.7 Å². The Bertz CT molecular complexity index is 871. The van der Waals surface area contributed by atoms with E-state index in [1.807, 2.05) is 16.8 Å². The predicted octanol–water partition coefficient (Wildman–Crippen LogP) is 1.77. The van der Waals surface area contributed by atoms with Crippen molar-refractivity contribution in [2.75, 3.05) is 19.6 Å². The van der Waals surface area contributed by atoms with Gasteiger partial charge in [-0.1, -0.05) is 11.6 Å². The summed E-state index contributed by atoms with van der Waals surface area (Å²) in [6.07, 6.45) is 8.97. The zero-order valence-electron chi connectivity index (χ0n) is 17.1. The number of hydrogen-bond donors (Lipinski definition) is 0. The first kappa shape index (κ1) is 19.6. The Labute approximate surface area is 170 Å². The standard InChI is InChI=1S/C20H28N6O3/c1-14(27)26(10-8-18-22-19(29-23-18)15-5-3-6-15)16-7-4-9-25(12-16)20(28)17-11-21-13-24(17)2/h11,13,15-16H,3-10,12H2,1-2H3. The molecule has 2 amide bonds. The molecule has 0 aromatic carbocycles. The Morgan fingerprint density at radius 3 is 2.76 bits per heavy atom. The van der Waals surface area contributed by atoms with Gasteiger partial charge in [0.1, 0.15) is 5.69 Å². The fourth-order valence-corrected chi connectivity index (χ4v) is 4.13. The maximum atomic E-state index is 12.8. The van der Waals surface area contributed by atoms with Crippen LogP contribution in [-0.2, 0) is 18.3 Å². The third-order valence-corrected chi connectivity index (χ3v) is 6.08. The van der Waals surface area contributed by atoms with Gasteiger partial charge in [-0.25, -0.2) is 4.98 Å². The highest BCUT2D eigenvalue weighted by molar-refractivity contribution is 5.92. The first-order valence-electron chi connectivity index (χ1n) is 10.4. The molecule has 0 radical (unpaired) electrons. The van der Waals surface area contributed by atoms with Crippen molar-refractivity contribution in [3.63, 3.8) is 0 Å². The van der Waals surface area contributed by atoms with E-state index in [2.05, 4.69) is 15.1 Å². The van der Waals surface area contributed by atoms with Crippen LogP contribution in [-0.4, -0.2) is 67.0 Å². The molecule has 2 aromatic heterocycles. The summed E-state index contributed by atoms with van der Waals surface area (Å²) in [5.74, 6) is 1.75. The van der Waals surface area contributed by atoms with Crippen LogP contribution in [0.5, 0.6) is 0 Å². The second-order valence-electron chi connectivity index (χ2n) is 8.08. The molecule has 3 heterocycles. The highest BCUT2D eigenvalue weighted by Gasteiger charge is 2.31. The average Bonchev–Trinajstić information content (AvgIpc) is 3.29. The fraction of sp³-hybridized carbons (Fsp3) is 0.650. The van der Waals surface area contributed by atoms with Crippen molar-refractivity contribution in [3.8, 4) is 0 Å². The quantitative estimate of drug-likeness (QED) is 0.733. The monoisotopic (exact) mass is 400 g/mol. The van der Waals surface area contributed by atoms with Crippen LogP contribution in [0.1, 0.15) is 67.1 Å². The van der Waals surface area contributed by atoms with Crippen LogP contribution < -0.4 is 0 Å². The molecule has 29 heavy (non-hydrogen) atoms. The Hall–Kier alpha value is -2.71. The van der Waals surface area contributed by atoms with Crippen LogP contribution in [0.4, 0.5) is 0 Å². The molecule has 9 nitrogen and oxygen atoms in total. The second kappa shape index (κ2) is 8.34. The van der Waals surface area contributed by atoms with E-state index in [1.54, 1.807) is 24.0 Å². The third kappa shape index (κ3) is 4.18. The van der Waals surface area contributed by atoms with Crippen LogP contribution in [0.15, 0.2) is 17.0 Å². The van der Waals surface area contributed by atoms with Crippen molar-refractivity contribution in [1.82, 2.24) is 29.5 Å². The lowest BCUT2D eigenvalue weighted by Crippen LogP contribution is -2.52. The number of hydrogen-bond acceptors (Lipinski definition) is 6. The van der Waals surface area contributed by atoms with Crippen molar-refractivity contribution in [2.45, 2.75) is 57.4 Å². The van der Waals surface area contributed by atoms with Gasteiger partial charge in [-0.3, -0.25) is 9.59 Å². The number of aryl methyl sites for hydroxylation is 1. The van der Waals surface area contributed by atoms with Crippen LogP contribution in [0.3, 0.4) is 0 Å². The number of carbonyl (C=O) groups excluding carboxylic acids is 2. The van der Waals surface area contributed by atoms with Gasteiger partial charge in [0.15, 0.2) is 5.82 Å². The number of rotatable bonds is 6. The van der Waals surface area contributed by atoms with Crippen LogP contribution in [0, 0.1) is 0 Å². The summed E-state index contributed by atoms with van der Waals surface area (Å²) in [6.45, 7) is 3.33. The summed E-state index contributed by atoms with van der Waals surface area (Å²) in [5, 5.41) is 4.08. The molecule has 1 aliphatic carbocycles. The van der Waals surface area contributed by atoms with Gasteiger partial charge in [0, 0.05) is 52.0 Å². The van der Waals surface area contributed by atoms with Crippen molar-refractivity contribution in [3.05, 3.63) is 29.9 Å². The van der Waals surface area contributed by atoms with E-state index >= 15 is 0 Å². The smallest absolute Gasteiger partial charge is 0.272 e. The van der Waals surface area contributed by atoms with Crippen LogP contribution in [0.25, 0.3) is 0 Å². The number of amides is 2. The van der Waals surface area contributed by atoms with Crippen LogP contribution >= 0.6 is 0 Å². The topological polar surface area (TPSA) is 97.4 Å². The summed E-state index contributed by atoms with van der Waals surface area (Å²) < 4.78 is 7.11. The van der Waals surface area contributed by atoms with Crippen molar-refractivity contribution in [1.29, 1.82) is 0 Å². The van der Waals surface area contributed by atoms with Gasteiger partial charge in [0.25, 0.3) is 5.91 Å². The highest BCUT2D eigenvalue weighted by atomic mass is 16.5. The molecule has 1 saturated heterocycles. The minimum Gasteiger partial charge on any atom is -0.339 e. The van der Waals surface area contributed by atoms with Gasteiger partial charge in [0.2, 0.25) is 11.8 Å². The lowest BCUT2D eigenvalue weighted by Gasteiger charge is -2.39. The third-order valence-electron chi connectivity index (χ3n) is 6.08. The summed E-state index contributed by atoms with van der Waals surface area (Å²) in [6, 6.07) is -0.00330. The molecule has 2 aliphatic rings. The predicted molar refractivity (Wildman–Crippen MR) is 104 cm³/mol. The largest absolute Gasteiger partial charge is 0.339 e. The molecule has 4 rings (SSSR count). The normalized spacial score (nSPS) is 19.8. The van der Waals surface area contributed by atoms with E-state index < -0.39 is 0 Å². The minimum atomic E-state index is -0.0403. The number of imidazole rings is 1. The first-order chi connectivity index (χ1) is 14.0. The summed E-state index contributed by atoms with van der Waals surface area (Å²) in [5.41, 5.74) is 0.565. The lowest BCUT2D eigenvalue weighted by molar-refractivity contribution is -0.132. The van der Waals surface area contributed by atoms with E-state index in [1.165, 1.54) is 6.42 Å². The number of likely N-dealkylation sites (tertiary alicyclic amines) is 1. The maximum absolute atomic E-state index is 12.8. The number of carbonyl (C=O) groups is 2.